The van der Waals surface area contributed by atoms with E-state index in [1.165, 1.54) is 36.6 Å². The van der Waals surface area contributed by atoms with Crippen molar-refractivity contribution in [3.05, 3.63) is 81.7 Å². The third-order valence-electron chi connectivity index (χ3n) is 6.54. The van der Waals surface area contributed by atoms with Crippen molar-refractivity contribution in [1.29, 1.82) is 0 Å². The number of amides is 2. The average Bonchev–Trinajstić information content (AvgIpc) is 3.69. The maximum absolute atomic E-state index is 14.1. The fourth-order valence-electron chi connectivity index (χ4n) is 4.67. The molecule has 0 radical (unpaired) electrons. The van der Waals surface area contributed by atoms with Crippen LogP contribution in [0, 0.1) is 5.82 Å². The monoisotopic (exact) mass is 609 g/mol. The Balaban J connectivity index is 1.35. The molecule has 1 aliphatic carbocycles. The van der Waals surface area contributed by atoms with E-state index in [-0.39, 0.29) is 30.4 Å². The fourth-order valence-corrected chi connectivity index (χ4v) is 6.73. The van der Waals surface area contributed by atoms with Crippen LogP contribution in [0.1, 0.15) is 50.3 Å². The number of anilines is 1. The normalized spacial score (nSPS) is 12.1. The lowest BCUT2D eigenvalue weighted by molar-refractivity contribution is -0.113. The summed E-state index contributed by atoms with van der Waals surface area (Å²) < 4.78 is 26.6. The van der Waals surface area contributed by atoms with E-state index in [2.05, 4.69) is 20.8 Å². The molecular weight excluding hydrogens is 581 g/mol. The van der Waals surface area contributed by atoms with Gasteiger partial charge in [-0.25, -0.2) is 9.18 Å². The molecule has 0 saturated carbocycles. The number of hydrogen-bond donors (Lipinski definition) is 2. The van der Waals surface area contributed by atoms with Gasteiger partial charge in [-0.3, -0.25) is 14.2 Å². The van der Waals surface area contributed by atoms with Crippen molar-refractivity contribution in [2.75, 3.05) is 24.8 Å². The highest BCUT2D eigenvalue weighted by atomic mass is 32.2. The molecule has 0 aliphatic heterocycles. The van der Waals surface area contributed by atoms with Crippen LogP contribution in [0.15, 0.2) is 53.7 Å². The van der Waals surface area contributed by atoms with Gasteiger partial charge in [-0.1, -0.05) is 36.0 Å². The Morgan fingerprint density at radius 1 is 1.10 bits per heavy atom. The molecule has 2 aromatic heterocycles. The van der Waals surface area contributed by atoms with Crippen LogP contribution in [0.5, 0.6) is 5.75 Å². The molecule has 5 rings (SSSR count). The van der Waals surface area contributed by atoms with Crippen LogP contribution >= 0.6 is 23.1 Å². The number of benzene rings is 2. The van der Waals surface area contributed by atoms with E-state index < -0.39 is 17.7 Å². The molecule has 0 saturated heterocycles. The second-order valence-corrected chi connectivity index (χ2v) is 11.2. The number of aromatic nitrogens is 3. The van der Waals surface area contributed by atoms with Gasteiger partial charge in [0, 0.05) is 4.88 Å². The third kappa shape index (κ3) is 6.16. The Labute approximate surface area is 249 Å². The summed E-state index contributed by atoms with van der Waals surface area (Å²) in [6.07, 6.45) is 2.62. The number of rotatable bonds is 11. The van der Waals surface area contributed by atoms with Crippen molar-refractivity contribution >= 4 is 45.9 Å². The van der Waals surface area contributed by atoms with Gasteiger partial charge in [-0.05, 0) is 56.0 Å². The van der Waals surface area contributed by atoms with Gasteiger partial charge in [-0.2, -0.15) is 0 Å². The highest BCUT2D eigenvalue weighted by molar-refractivity contribution is 7.99. The largest absolute Gasteiger partial charge is 0.495 e. The minimum Gasteiger partial charge on any atom is -0.495 e. The molecule has 0 spiro atoms. The summed E-state index contributed by atoms with van der Waals surface area (Å²) in [4.78, 5) is 39.5. The van der Waals surface area contributed by atoms with Gasteiger partial charge >= 0.3 is 5.97 Å². The lowest BCUT2D eigenvalue weighted by Crippen LogP contribution is -2.25. The number of carbonyl (C=O) groups is 3. The zero-order chi connectivity index (χ0) is 29.6. The summed E-state index contributed by atoms with van der Waals surface area (Å²) in [6.45, 7) is 1.93. The lowest BCUT2D eigenvalue weighted by atomic mass is 10.1. The molecule has 4 aromatic rings. The van der Waals surface area contributed by atoms with E-state index in [0.717, 1.165) is 41.5 Å². The van der Waals surface area contributed by atoms with E-state index in [1.807, 2.05) is 12.1 Å². The summed E-state index contributed by atoms with van der Waals surface area (Å²) in [5.74, 6) is -1.14. The Kier molecular flexibility index (Phi) is 9.18. The van der Waals surface area contributed by atoms with E-state index in [0.29, 0.717) is 33.0 Å². The zero-order valence-electron chi connectivity index (χ0n) is 22.9. The number of aryl methyl sites for hydroxylation is 1. The summed E-state index contributed by atoms with van der Waals surface area (Å²) in [5.41, 5.74) is 1.91. The Hall–Kier alpha value is -4.23. The first-order valence-corrected chi connectivity index (χ1v) is 15.1. The van der Waals surface area contributed by atoms with Crippen LogP contribution in [0.3, 0.4) is 0 Å². The molecule has 2 aromatic carbocycles. The molecule has 10 nitrogen and oxygen atoms in total. The Morgan fingerprint density at radius 2 is 1.88 bits per heavy atom. The number of ether oxygens (including phenoxy) is 2. The highest BCUT2D eigenvalue weighted by Crippen LogP contribution is 2.39. The third-order valence-corrected chi connectivity index (χ3v) is 8.67. The van der Waals surface area contributed by atoms with Gasteiger partial charge in [-0.15, -0.1) is 21.5 Å². The quantitative estimate of drug-likeness (QED) is 0.184. The fraction of sp³-hybridized carbons (Fsp3) is 0.276. The smallest absolute Gasteiger partial charge is 0.341 e. The summed E-state index contributed by atoms with van der Waals surface area (Å²) >= 11 is 2.55. The molecule has 2 heterocycles. The van der Waals surface area contributed by atoms with Crippen LogP contribution in [-0.4, -0.2) is 52.0 Å². The molecule has 0 bridgehead atoms. The van der Waals surface area contributed by atoms with E-state index in [9.17, 15) is 18.8 Å². The van der Waals surface area contributed by atoms with Crippen molar-refractivity contribution < 1.29 is 28.2 Å². The molecule has 0 unspecified atom stereocenters. The second-order valence-electron chi connectivity index (χ2n) is 9.19. The molecule has 2 amide bonds. The summed E-state index contributed by atoms with van der Waals surface area (Å²) in [5, 5.41) is 15.0. The number of nitrogens with zero attached hydrogens (tertiary/aromatic N) is 3. The second kappa shape index (κ2) is 13.2. The standard InChI is InChI=1S/C29H28FN5O5S2/c1-3-40-28(38)25-18-10-8-14-22(18)42-27(25)32-24(36)16-41-29-34-33-23(35(29)20-12-6-7-13-21(20)39-2)15-31-26(37)17-9-4-5-11-19(17)30/h4-7,9,11-13H,3,8,10,14-16H2,1-2H3,(H,31,37)(H,32,36). The summed E-state index contributed by atoms with van der Waals surface area (Å²) in [6, 6.07) is 12.9. The van der Waals surface area contributed by atoms with Crippen LogP contribution in [0.25, 0.3) is 5.69 Å². The number of thioether (sulfide) groups is 1. The first-order valence-electron chi connectivity index (χ1n) is 13.3. The van der Waals surface area contributed by atoms with Gasteiger partial charge in [0.2, 0.25) is 5.91 Å². The van der Waals surface area contributed by atoms with Crippen molar-refractivity contribution in [3.63, 3.8) is 0 Å². The Bertz CT molecular complexity index is 1640. The molecule has 1 aliphatic rings. The van der Waals surface area contributed by atoms with E-state index >= 15 is 0 Å². The molecule has 42 heavy (non-hydrogen) atoms. The first kappa shape index (κ1) is 29.3. The molecule has 0 fully saturated rings. The predicted molar refractivity (Wildman–Crippen MR) is 157 cm³/mol. The van der Waals surface area contributed by atoms with Crippen molar-refractivity contribution in [3.8, 4) is 11.4 Å². The lowest BCUT2D eigenvalue weighted by Gasteiger charge is -2.14. The summed E-state index contributed by atoms with van der Waals surface area (Å²) in [7, 11) is 1.53. The highest BCUT2D eigenvalue weighted by Gasteiger charge is 2.28. The van der Waals surface area contributed by atoms with Gasteiger partial charge in [0.1, 0.15) is 16.6 Å². The van der Waals surface area contributed by atoms with E-state index in [1.54, 1.807) is 29.7 Å². The number of nitrogens with one attached hydrogen (secondary N) is 2. The SMILES string of the molecule is CCOC(=O)c1c(NC(=O)CSc2nnc(CNC(=O)c3ccccc3F)n2-c2ccccc2OC)sc2c1CCC2. The van der Waals surface area contributed by atoms with Crippen molar-refractivity contribution in [2.45, 2.75) is 37.9 Å². The zero-order valence-corrected chi connectivity index (χ0v) is 24.6. The minimum atomic E-state index is -0.634. The van der Waals surface area contributed by atoms with Crippen LogP contribution < -0.4 is 15.4 Å². The van der Waals surface area contributed by atoms with Crippen LogP contribution in [-0.2, 0) is 28.9 Å². The maximum atomic E-state index is 14.1. The first-order chi connectivity index (χ1) is 20.4. The topological polar surface area (TPSA) is 124 Å². The van der Waals surface area contributed by atoms with Crippen molar-refractivity contribution in [2.24, 2.45) is 0 Å². The number of halogens is 1. The molecule has 2 N–H and O–H groups in total. The number of methoxy groups -OCH3 is 1. The maximum Gasteiger partial charge on any atom is 0.341 e. The van der Waals surface area contributed by atoms with Crippen molar-refractivity contribution in [1.82, 2.24) is 20.1 Å². The molecular formula is C29H28FN5O5S2. The van der Waals surface area contributed by atoms with Crippen LogP contribution in [0.4, 0.5) is 9.39 Å². The number of fused-ring (bicyclic) bond motifs is 1. The van der Waals surface area contributed by atoms with Gasteiger partial charge in [0.15, 0.2) is 11.0 Å². The Morgan fingerprint density at radius 3 is 2.67 bits per heavy atom. The van der Waals surface area contributed by atoms with Gasteiger partial charge in [0.05, 0.1) is 42.8 Å². The average molecular weight is 610 g/mol. The van der Waals surface area contributed by atoms with Crippen LogP contribution in [0.2, 0.25) is 0 Å². The molecule has 0 atom stereocenters. The minimum absolute atomic E-state index is 0.0281. The number of hydrogen-bond acceptors (Lipinski definition) is 9. The number of para-hydroxylation sites is 2. The van der Waals surface area contributed by atoms with Gasteiger partial charge in [0.25, 0.3) is 5.91 Å². The number of thiophene rings is 1. The molecule has 218 valence electrons. The number of esters is 1. The molecule has 13 heteroatoms. The van der Waals surface area contributed by atoms with Gasteiger partial charge < -0.3 is 20.1 Å². The number of carbonyl (C=O) groups excluding carboxylic acids is 3. The predicted octanol–water partition coefficient (Wildman–Crippen LogP) is 4.80. The van der Waals surface area contributed by atoms with E-state index in [4.69, 9.17) is 9.47 Å².